The summed E-state index contributed by atoms with van der Waals surface area (Å²) < 4.78 is 28.1. The van der Waals surface area contributed by atoms with Crippen molar-refractivity contribution in [3.05, 3.63) is 165 Å². The van der Waals surface area contributed by atoms with Gasteiger partial charge in [-0.25, -0.2) is 19.6 Å². The summed E-state index contributed by atoms with van der Waals surface area (Å²) >= 11 is 0. The highest BCUT2D eigenvalue weighted by molar-refractivity contribution is 5.99. The van der Waals surface area contributed by atoms with Crippen molar-refractivity contribution in [1.82, 2.24) is 19.9 Å². The molecule has 12 nitrogen and oxygen atoms in total. The molecule has 110 heavy (non-hydrogen) atoms. The summed E-state index contributed by atoms with van der Waals surface area (Å²) in [4.78, 5) is 43.3. The van der Waals surface area contributed by atoms with E-state index in [1.54, 1.807) is 48.5 Å². The molecule has 2 aliphatic rings. The number of carbonyl (C=O) groups is 2. The standard InChI is InChI=1S/C98H126N4O8/c1-5-9-13-17-21-25-29-33-37-41-71-107-89-47-45-48-90(108-72-42-38-34-30-26-22-18-14-10-6-2)95(89)93-85-67-63-81(99-85)79(61-55-75-51-57-77(58-52-75)97(103)104)83-65-69-87(101-83)94(88-70-66-84(102-88)80(82-64-68-86(93)100-82)62-56-76-53-59-78(60-54-76)98(105)106)96-91(109-73-43-39-35-31-27-23-19-15-11-7-3)49-46-50-92(96)110-74-44-40-36-32-28-24-20-16-12-8-4/h45-54,57-60,63-70,99,102H,5-44,71-74H2,1-4H3,(H,103,104)(H,105,106). The van der Waals surface area contributed by atoms with Gasteiger partial charge in [0.1, 0.15) is 23.0 Å². The highest BCUT2D eigenvalue weighted by atomic mass is 16.5. The third-order valence-corrected chi connectivity index (χ3v) is 21.2. The quantitative estimate of drug-likeness (QED) is 0.0213. The normalized spacial score (nSPS) is 11.5. The van der Waals surface area contributed by atoms with E-state index in [1.165, 1.54) is 180 Å². The minimum Gasteiger partial charge on any atom is -0.493 e. The molecule has 0 unspecified atom stereocenters. The molecule has 9 rings (SSSR count). The van der Waals surface area contributed by atoms with E-state index in [4.69, 9.17) is 28.9 Å². The molecule has 0 saturated carbocycles. The SMILES string of the molecule is CCCCCCCCCCCCOc1cccc(OCCCCCCCCCCCC)c1-c1c2nc(c(C#Cc3ccc(C(=O)O)cc3)c3ccc([nH]3)c(-c3c(OCCCCCCCCCCCC)cccc3OCCCCCCCCCCCC)c3nc(c(C#Cc4ccc(C(=O)O)cc4)c4ccc1[nH]4)C=C3)C=C2. The van der Waals surface area contributed by atoms with Gasteiger partial charge in [-0.1, -0.05) is 295 Å². The second-order valence-corrected chi connectivity index (χ2v) is 30.1. The fourth-order valence-electron chi connectivity index (χ4n) is 14.7. The van der Waals surface area contributed by atoms with Crippen LogP contribution in [0.3, 0.4) is 0 Å². The first-order valence-corrected chi connectivity index (χ1v) is 42.8. The summed E-state index contributed by atoms with van der Waals surface area (Å²) in [6.07, 6.45) is 56.6. The lowest BCUT2D eigenvalue weighted by atomic mass is 10.0. The summed E-state index contributed by atoms with van der Waals surface area (Å²) in [6.45, 7) is 11.2. The van der Waals surface area contributed by atoms with E-state index >= 15 is 0 Å². The third kappa shape index (κ3) is 27.6. The summed E-state index contributed by atoms with van der Waals surface area (Å²) in [5, 5.41) is 19.8. The zero-order valence-electron chi connectivity index (χ0n) is 67.1. The summed E-state index contributed by atoms with van der Waals surface area (Å²) in [7, 11) is 0. The Labute approximate surface area is 658 Å². The van der Waals surface area contributed by atoms with Crippen LogP contribution in [0.5, 0.6) is 23.0 Å². The molecule has 0 radical (unpaired) electrons. The van der Waals surface area contributed by atoms with Gasteiger partial charge in [0.25, 0.3) is 0 Å². The number of aromatic nitrogens is 4. The van der Waals surface area contributed by atoms with Gasteiger partial charge in [-0.3, -0.25) is 0 Å². The van der Waals surface area contributed by atoms with Crippen LogP contribution < -0.4 is 18.9 Å². The van der Waals surface area contributed by atoms with E-state index in [0.29, 0.717) is 105 Å². The summed E-state index contributed by atoms with van der Waals surface area (Å²) in [6, 6.07) is 33.8. The number of hydrogen-bond donors (Lipinski definition) is 4. The van der Waals surface area contributed by atoms with Crippen molar-refractivity contribution in [3.63, 3.8) is 0 Å². The Morgan fingerprint density at radius 1 is 0.291 bits per heavy atom. The Morgan fingerprint density at radius 3 is 0.800 bits per heavy atom. The van der Waals surface area contributed by atoms with Gasteiger partial charge in [0.15, 0.2) is 0 Å². The number of hydrogen-bond acceptors (Lipinski definition) is 8. The number of benzene rings is 4. The molecule has 0 fully saturated rings. The lowest BCUT2D eigenvalue weighted by molar-refractivity contribution is 0.0686. The van der Waals surface area contributed by atoms with Crippen LogP contribution >= 0.6 is 0 Å². The number of carboxylic acids is 2. The van der Waals surface area contributed by atoms with Gasteiger partial charge >= 0.3 is 11.9 Å². The van der Waals surface area contributed by atoms with E-state index < -0.39 is 11.9 Å². The van der Waals surface area contributed by atoms with E-state index in [2.05, 4.69) is 122 Å². The maximum atomic E-state index is 12.1. The minimum absolute atomic E-state index is 0.176. The maximum absolute atomic E-state index is 12.1. The number of carboxylic acid groups (broad SMARTS) is 2. The molecular weight excluding hydrogens is 1360 g/mol. The Balaban J connectivity index is 1.22. The van der Waals surface area contributed by atoms with Crippen molar-refractivity contribution in [3.8, 4) is 68.9 Å². The van der Waals surface area contributed by atoms with Gasteiger partial charge in [0.2, 0.25) is 0 Å². The first-order chi connectivity index (χ1) is 54.2. The van der Waals surface area contributed by atoms with Crippen LogP contribution in [0.15, 0.2) is 109 Å². The number of fused-ring (bicyclic) bond motifs is 8. The number of unbranched alkanes of at least 4 members (excludes halogenated alkanes) is 36. The topological polar surface area (TPSA) is 169 Å². The van der Waals surface area contributed by atoms with E-state index in [-0.39, 0.29) is 11.1 Å². The Kier molecular flexibility index (Phi) is 37.8. The number of aromatic carboxylic acids is 2. The van der Waals surface area contributed by atoms with Gasteiger partial charge in [-0.2, -0.15) is 0 Å². The first-order valence-electron chi connectivity index (χ1n) is 42.8. The van der Waals surface area contributed by atoms with Crippen molar-refractivity contribution in [2.45, 2.75) is 285 Å². The van der Waals surface area contributed by atoms with Crippen molar-refractivity contribution in [2.24, 2.45) is 0 Å². The fourth-order valence-corrected chi connectivity index (χ4v) is 14.7. The fraction of sp³-hybridized carbons (Fsp3) is 0.490. The summed E-state index contributed by atoms with van der Waals surface area (Å²) in [5.74, 6) is 14.7. The van der Waals surface area contributed by atoms with Crippen LogP contribution in [0.4, 0.5) is 0 Å². The Bertz CT molecular complexity index is 3960. The van der Waals surface area contributed by atoms with Crippen molar-refractivity contribution >= 4 is 58.3 Å². The Hall–Kier alpha value is -9.26. The largest absolute Gasteiger partial charge is 0.493 e. The van der Waals surface area contributed by atoms with Gasteiger partial charge in [-0.05, 0) is 147 Å². The highest BCUT2D eigenvalue weighted by Gasteiger charge is 2.25. The Morgan fingerprint density at radius 2 is 0.536 bits per heavy atom. The molecule has 7 aromatic rings. The molecule has 0 saturated heterocycles. The molecule has 5 heterocycles. The van der Waals surface area contributed by atoms with Crippen molar-refractivity contribution in [2.75, 3.05) is 26.4 Å². The number of ether oxygens (including phenoxy) is 4. The predicted molar refractivity (Wildman–Crippen MR) is 458 cm³/mol. The second-order valence-electron chi connectivity index (χ2n) is 30.1. The van der Waals surface area contributed by atoms with Gasteiger partial charge < -0.3 is 39.1 Å². The van der Waals surface area contributed by atoms with Crippen molar-refractivity contribution in [1.29, 1.82) is 0 Å². The molecular formula is C98H126N4O8. The molecule has 0 atom stereocenters. The smallest absolute Gasteiger partial charge is 0.335 e. The molecule has 3 aromatic heterocycles. The van der Waals surface area contributed by atoms with Gasteiger partial charge in [0.05, 0.1) is 93.6 Å². The van der Waals surface area contributed by atoms with Crippen LogP contribution in [0.2, 0.25) is 0 Å². The number of nitrogens with zero attached hydrogens (tertiary/aromatic N) is 2. The molecule has 12 heteroatoms. The molecule has 0 spiro atoms. The molecule has 4 aromatic carbocycles. The predicted octanol–water partition coefficient (Wildman–Crippen LogP) is 27.4. The average molecular weight is 1490 g/mol. The first kappa shape index (κ1) is 84.8. The second kappa shape index (κ2) is 49.1. The lowest BCUT2D eigenvalue weighted by Gasteiger charge is -2.18. The van der Waals surface area contributed by atoms with Gasteiger partial charge in [0, 0.05) is 33.3 Å². The number of aromatic amines is 2. The monoisotopic (exact) mass is 1490 g/mol. The van der Waals surface area contributed by atoms with Crippen molar-refractivity contribution < 1.29 is 38.7 Å². The minimum atomic E-state index is -1.01. The molecule has 2 aliphatic heterocycles. The van der Waals surface area contributed by atoms with Crippen LogP contribution in [-0.4, -0.2) is 68.5 Å². The highest BCUT2D eigenvalue weighted by Crippen LogP contribution is 2.46. The van der Waals surface area contributed by atoms with Crippen LogP contribution in [0.1, 0.15) is 350 Å². The maximum Gasteiger partial charge on any atom is 0.335 e. The van der Waals surface area contributed by atoms with E-state index in [9.17, 15) is 19.8 Å². The molecule has 4 N–H and O–H groups in total. The van der Waals surface area contributed by atoms with E-state index in [1.807, 2.05) is 24.3 Å². The molecule has 0 aliphatic carbocycles. The average Bonchev–Trinajstić information content (AvgIpc) is 1.59. The number of H-pyrrole nitrogens is 2. The molecule has 8 bridgehead atoms. The molecule has 0 amide bonds. The number of rotatable bonds is 52. The molecule has 586 valence electrons. The zero-order valence-corrected chi connectivity index (χ0v) is 67.1. The van der Waals surface area contributed by atoms with Crippen LogP contribution in [-0.2, 0) is 0 Å². The van der Waals surface area contributed by atoms with Crippen LogP contribution in [0.25, 0.3) is 68.6 Å². The zero-order chi connectivity index (χ0) is 77.0. The number of nitrogens with one attached hydrogen (secondary N) is 2. The van der Waals surface area contributed by atoms with Gasteiger partial charge in [-0.15, -0.1) is 0 Å². The summed E-state index contributed by atoms with van der Waals surface area (Å²) in [5.41, 5.74) is 11.4. The van der Waals surface area contributed by atoms with Crippen LogP contribution in [0, 0.1) is 23.7 Å². The van der Waals surface area contributed by atoms with E-state index in [0.717, 1.165) is 110 Å². The lowest BCUT2D eigenvalue weighted by Crippen LogP contribution is -2.04. The third-order valence-electron chi connectivity index (χ3n) is 21.2.